The van der Waals surface area contributed by atoms with Gasteiger partial charge < -0.3 is 9.32 Å². The molecular formula is C28H25N3O. The lowest BCUT2D eigenvalue weighted by atomic mass is 10.1. The van der Waals surface area contributed by atoms with E-state index in [4.69, 9.17) is 9.40 Å². The summed E-state index contributed by atoms with van der Waals surface area (Å²) in [5.41, 5.74) is 8.88. The van der Waals surface area contributed by atoms with Crippen molar-refractivity contribution in [3.05, 3.63) is 89.6 Å². The van der Waals surface area contributed by atoms with E-state index in [2.05, 4.69) is 86.0 Å². The highest BCUT2D eigenvalue weighted by Crippen LogP contribution is 2.49. The summed E-state index contributed by atoms with van der Waals surface area (Å²) >= 11 is 0. The standard InChI is InChI=1S/C28H25N3O/c1-17-14-18(2)16-21(15-17)30-20(4)31(28-24(30)9-7-13-29-28)26-19(3)11-12-23-22-8-5-6-10-25(22)32-27(23)26/h5-16,20H,1-4H3. The molecule has 0 amide bonds. The number of pyridine rings is 1. The average Bonchev–Trinajstić information content (AvgIpc) is 3.28. The van der Waals surface area contributed by atoms with Crippen LogP contribution in [-0.2, 0) is 0 Å². The van der Waals surface area contributed by atoms with Crippen LogP contribution in [0, 0.1) is 20.8 Å². The number of benzene rings is 3. The summed E-state index contributed by atoms with van der Waals surface area (Å²) < 4.78 is 6.43. The van der Waals surface area contributed by atoms with Crippen LogP contribution in [0.1, 0.15) is 23.6 Å². The Morgan fingerprint density at radius 1 is 0.812 bits per heavy atom. The Labute approximate surface area is 187 Å². The molecule has 4 nitrogen and oxygen atoms in total. The van der Waals surface area contributed by atoms with Crippen molar-refractivity contribution in [2.75, 3.05) is 9.80 Å². The van der Waals surface area contributed by atoms with Crippen LogP contribution in [0.2, 0.25) is 0 Å². The summed E-state index contributed by atoms with van der Waals surface area (Å²) in [4.78, 5) is 9.54. The molecule has 0 saturated carbocycles. The number of para-hydroxylation sites is 1. The van der Waals surface area contributed by atoms with Gasteiger partial charge in [0.25, 0.3) is 0 Å². The molecule has 0 aliphatic carbocycles. The van der Waals surface area contributed by atoms with Crippen LogP contribution in [0.5, 0.6) is 0 Å². The maximum absolute atomic E-state index is 6.43. The Kier molecular flexibility index (Phi) is 4.06. The fraction of sp³-hybridized carbons (Fsp3) is 0.179. The van der Waals surface area contributed by atoms with Gasteiger partial charge in [0.2, 0.25) is 0 Å². The average molecular weight is 420 g/mol. The SMILES string of the molecule is Cc1cc(C)cc(N2c3cccnc3N(c3c(C)ccc4c3oc3ccccc34)C2C)c1. The summed E-state index contributed by atoms with van der Waals surface area (Å²) in [6, 6.07) is 23.5. The van der Waals surface area contributed by atoms with Crippen LogP contribution < -0.4 is 9.80 Å². The van der Waals surface area contributed by atoms with E-state index in [9.17, 15) is 0 Å². The zero-order valence-electron chi connectivity index (χ0n) is 18.8. The molecule has 1 aliphatic rings. The Hall–Kier alpha value is -3.79. The topological polar surface area (TPSA) is 32.5 Å². The molecule has 3 aromatic carbocycles. The maximum Gasteiger partial charge on any atom is 0.159 e. The Bertz CT molecular complexity index is 1480. The molecule has 2 aromatic heterocycles. The van der Waals surface area contributed by atoms with Crippen LogP contribution >= 0.6 is 0 Å². The summed E-state index contributed by atoms with van der Waals surface area (Å²) in [6.07, 6.45) is 1.91. The summed E-state index contributed by atoms with van der Waals surface area (Å²) in [5.74, 6) is 0.954. The second kappa shape index (κ2) is 6.86. The van der Waals surface area contributed by atoms with Gasteiger partial charge in [-0.05, 0) is 74.7 Å². The van der Waals surface area contributed by atoms with E-state index in [1.54, 1.807) is 0 Å². The maximum atomic E-state index is 6.43. The molecule has 0 spiro atoms. The molecule has 0 N–H and O–H groups in total. The second-order valence-electron chi connectivity index (χ2n) is 8.77. The minimum absolute atomic E-state index is 0.0404. The zero-order chi connectivity index (χ0) is 22.0. The number of hydrogen-bond donors (Lipinski definition) is 0. The van der Waals surface area contributed by atoms with E-state index >= 15 is 0 Å². The van der Waals surface area contributed by atoms with Crippen molar-refractivity contribution in [2.45, 2.75) is 33.9 Å². The number of fused-ring (bicyclic) bond motifs is 4. The number of anilines is 4. The number of aromatic nitrogens is 1. The first-order valence-electron chi connectivity index (χ1n) is 11.1. The van der Waals surface area contributed by atoms with E-state index in [1.807, 2.05) is 24.4 Å². The van der Waals surface area contributed by atoms with Gasteiger partial charge in [0.15, 0.2) is 11.4 Å². The van der Waals surface area contributed by atoms with Gasteiger partial charge in [0.05, 0.1) is 11.4 Å². The molecule has 1 aliphatic heterocycles. The summed E-state index contributed by atoms with van der Waals surface area (Å²) in [6.45, 7) is 8.69. The van der Waals surface area contributed by atoms with E-state index in [0.717, 1.165) is 39.1 Å². The molecular weight excluding hydrogens is 394 g/mol. The van der Waals surface area contributed by atoms with Crippen molar-refractivity contribution in [3.8, 4) is 0 Å². The Balaban J connectivity index is 1.61. The van der Waals surface area contributed by atoms with Gasteiger partial charge in [-0.1, -0.05) is 36.4 Å². The molecule has 5 aromatic rings. The fourth-order valence-corrected chi connectivity index (χ4v) is 5.17. The highest BCUT2D eigenvalue weighted by molar-refractivity contribution is 6.10. The fourth-order valence-electron chi connectivity index (χ4n) is 5.17. The van der Waals surface area contributed by atoms with E-state index < -0.39 is 0 Å². The molecule has 3 heterocycles. The lowest BCUT2D eigenvalue weighted by Crippen LogP contribution is -2.36. The van der Waals surface area contributed by atoms with Crippen LogP contribution in [-0.4, -0.2) is 11.1 Å². The number of rotatable bonds is 2. The molecule has 4 heteroatoms. The molecule has 0 radical (unpaired) electrons. The molecule has 6 rings (SSSR count). The van der Waals surface area contributed by atoms with Crippen molar-refractivity contribution in [2.24, 2.45) is 0 Å². The third kappa shape index (κ3) is 2.65. The smallest absolute Gasteiger partial charge is 0.159 e. The monoisotopic (exact) mass is 419 g/mol. The van der Waals surface area contributed by atoms with Crippen molar-refractivity contribution < 1.29 is 4.42 Å². The second-order valence-corrected chi connectivity index (χ2v) is 8.77. The quantitative estimate of drug-likeness (QED) is 0.296. The predicted octanol–water partition coefficient (Wildman–Crippen LogP) is 7.54. The van der Waals surface area contributed by atoms with Crippen molar-refractivity contribution in [1.29, 1.82) is 0 Å². The molecule has 1 atom stereocenters. The molecule has 32 heavy (non-hydrogen) atoms. The predicted molar refractivity (Wildman–Crippen MR) is 132 cm³/mol. The largest absolute Gasteiger partial charge is 0.454 e. The van der Waals surface area contributed by atoms with Gasteiger partial charge in [-0.15, -0.1) is 0 Å². The van der Waals surface area contributed by atoms with Crippen molar-refractivity contribution in [3.63, 3.8) is 0 Å². The van der Waals surface area contributed by atoms with Crippen LogP contribution in [0.3, 0.4) is 0 Å². The normalized spacial score (nSPS) is 15.7. The molecule has 158 valence electrons. The lowest BCUT2D eigenvalue weighted by Gasteiger charge is -2.31. The third-order valence-corrected chi connectivity index (χ3v) is 6.45. The molecule has 0 fully saturated rings. The van der Waals surface area contributed by atoms with Gasteiger partial charge >= 0.3 is 0 Å². The van der Waals surface area contributed by atoms with Gasteiger partial charge in [0, 0.05) is 22.7 Å². The van der Waals surface area contributed by atoms with E-state index in [-0.39, 0.29) is 6.17 Å². The van der Waals surface area contributed by atoms with Gasteiger partial charge in [0.1, 0.15) is 11.7 Å². The van der Waals surface area contributed by atoms with Crippen LogP contribution in [0.25, 0.3) is 21.9 Å². The first-order valence-corrected chi connectivity index (χ1v) is 11.1. The molecule has 0 saturated heterocycles. The number of furan rings is 1. The molecule has 1 unspecified atom stereocenters. The third-order valence-electron chi connectivity index (χ3n) is 6.45. The summed E-state index contributed by atoms with van der Waals surface area (Å²) in [5, 5.41) is 2.28. The van der Waals surface area contributed by atoms with Gasteiger partial charge in [-0.25, -0.2) is 4.98 Å². The highest BCUT2D eigenvalue weighted by atomic mass is 16.3. The van der Waals surface area contributed by atoms with Crippen molar-refractivity contribution in [1.82, 2.24) is 4.98 Å². The van der Waals surface area contributed by atoms with Gasteiger partial charge in [-0.3, -0.25) is 4.90 Å². The molecule has 0 bridgehead atoms. The highest BCUT2D eigenvalue weighted by Gasteiger charge is 2.38. The van der Waals surface area contributed by atoms with Crippen molar-refractivity contribution >= 4 is 44.8 Å². The lowest BCUT2D eigenvalue weighted by molar-refractivity contribution is 0.662. The number of nitrogens with zero attached hydrogens (tertiary/aromatic N) is 3. The van der Waals surface area contributed by atoms with Gasteiger partial charge in [-0.2, -0.15) is 0 Å². The first-order chi connectivity index (χ1) is 15.5. The minimum Gasteiger partial charge on any atom is -0.454 e. The van der Waals surface area contributed by atoms with Crippen LogP contribution in [0.4, 0.5) is 22.9 Å². The summed E-state index contributed by atoms with van der Waals surface area (Å²) in [7, 11) is 0. The zero-order valence-corrected chi connectivity index (χ0v) is 18.8. The number of aryl methyl sites for hydroxylation is 3. The van der Waals surface area contributed by atoms with E-state index in [0.29, 0.717) is 0 Å². The first kappa shape index (κ1) is 18.9. The minimum atomic E-state index is 0.0404. The van der Waals surface area contributed by atoms with Crippen LogP contribution in [0.15, 0.2) is 77.3 Å². The van der Waals surface area contributed by atoms with E-state index in [1.165, 1.54) is 22.4 Å². The number of hydrogen-bond acceptors (Lipinski definition) is 4. The Morgan fingerprint density at radius 2 is 1.59 bits per heavy atom. The Morgan fingerprint density at radius 3 is 2.41 bits per heavy atom.